The zero-order chi connectivity index (χ0) is 25.3. The fourth-order valence-electron chi connectivity index (χ4n) is 4.79. The summed E-state index contributed by atoms with van der Waals surface area (Å²) in [6.07, 6.45) is 5.96. The van der Waals surface area contributed by atoms with Gasteiger partial charge in [-0.2, -0.15) is 0 Å². The van der Waals surface area contributed by atoms with Crippen LogP contribution in [0.2, 0.25) is 10.0 Å². The average Bonchev–Trinajstić information content (AvgIpc) is 2.89. The SMILES string of the molecule is O=C(NC1CCCCC1)C(Cc1ccccc1)N(Cc1ccc(Cl)cc1)C(=O)Cc1ccccc1Cl. The van der Waals surface area contributed by atoms with E-state index in [1.54, 1.807) is 11.0 Å². The highest BCUT2D eigenvalue weighted by molar-refractivity contribution is 6.31. The Morgan fingerprint density at radius 1 is 0.833 bits per heavy atom. The van der Waals surface area contributed by atoms with Gasteiger partial charge in [0.2, 0.25) is 11.8 Å². The van der Waals surface area contributed by atoms with Crippen LogP contribution in [-0.2, 0) is 29.0 Å². The molecular formula is C30H32Cl2N2O2. The molecule has 2 amide bonds. The second kappa shape index (κ2) is 12.9. The molecule has 4 rings (SSSR count). The van der Waals surface area contributed by atoms with Gasteiger partial charge in [-0.1, -0.05) is 103 Å². The zero-order valence-corrected chi connectivity index (χ0v) is 21.8. The second-order valence-corrected chi connectivity index (χ2v) is 10.3. The number of hydrogen-bond donors (Lipinski definition) is 1. The van der Waals surface area contributed by atoms with Crippen LogP contribution in [0.25, 0.3) is 0 Å². The summed E-state index contributed by atoms with van der Waals surface area (Å²) in [5.74, 6) is -0.245. The summed E-state index contributed by atoms with van der Waals surface area (Å²) in [6.45, 7) is 0.302. The quantitative estimate of drug-likeness (QED) is 0.343. The molecule has 1 aliphatic carbocycles. The highest BCUT2D eigenvalue weighted by Gasteiger charge is 2.32. The van der Waals surface area contributed by atoms with E-state index in [1.807, 2.05) is 72.8 Å². The van der Waals surface area contributed by atoms with Crippen molar-refractivity contribution >= 4 is 35.0 Å². The van der Waals surface area contributed by atoms with Gasteiger partial charge in [-0.25, -0.2) is 0 Å². The molecule has 1 atom stereocenters. The van der Waals surface area contributed by atoms with Crippen molar-refractivity contribution in [3.63, 3.8) is 0 Å². The standard InChI is InChI=1S/C30H32Cl2N2O2/c31-25-17-15-23(16-18-25)21-34(29(35)20-24-11-7-8-14-27(24)32)28(19-22-9-3-1-4-10-22)30(36)33-26-12-5-2-6-13-26/h1,3-4,7-11,14-18,26,28H,2,5-6,12-13,19-21H2,(H,33,36). The summed E-state index contributed by atoms with van der Waals surface area (Å²) in [5, 5.41) is 4.44. The lowest BCUT2D eigenvalue weighted by Gasteiger charge is -2.33. The van der Waals surface area contributed by atoms with Gasteiger partial charge >= 0.3 is 0 Å². The van der Waals surface area contributed by atoms with Crippen LogP contribution in [0.5, 0.6) is 0 Å². The molecule has 4 nitrogen and oxygen atoms in total. The summed E-state index contributed by atoms with van der Waals surface area (Å²) in [5.41, 5.74) is 2.67. The lowest BCUT2D eigenvalue weighted by molar-refractivity contribution is -0.141. The first kappa shape index (κ1) is 26.2. The summed E-state index contributed by atoms with van der Waals surface area (Å²) >= 11 is 12.5. The Hall–Kier alpha value is -2.82. The molecule has 0 radical (unpaired) electrons. The normalized spacial score (nSPS) is 14.7. The number of nitrogens with one attached hydrogen (secondary N) is 1. The molecule has 36 heavy (non-hydrogen) atoms. The number of benzene rings is 3. The molecule has 1 saturated carbocycles. The third-order valence-corrected chi connectivity index (χ3v) is 7.41. The highest BCUT2D eigenvalue weighted by atomic mass is 35.5. The molecule has 3 aromatic rings. The van der Waals surface area contributed by atoms with Crippen molar-refractivity contribution in [2.75, 3.05) is 0 Å². The molecule has 0 bridgehead atoms. The summed E-state index contributed by atoms with van der Waals surface area (Å²) < 4.78 is 0. The number of hydrogen-bond acceptors (Lipinski definition) is 2. The maximum absolute atomic E-state index is 13.8. The largest absolute Gasteiger partial charge is 0.352 e. The van der Waals surface area contributed by atoms with E-state index in [2.05, 4.69) is 5.32 Å². The van der Waals surface area contributed by atoms with Crippen LogP contribution in [0, 0.1) is 0 Å². The Morgan fingerprint density at radius 2 is 1.50 bits per heavy atom. The van der Waals surface area contributed by atoms with Gasteiger partial charge in [-0.05, 0) is 47.7 Å². The Balaban J connectivity index is 1.65. The number of carbonyl (C=O) groups is 2. The van der Waals surface area contributed by atoms with Crippen molar-refractivity contribution in [2.45, 2.75) is 63.6 Å². The molecule has 3 aromatic carbocycles. The van der Waals surface area contributed by atoms with Gasteiger partial charge in [0.15, 0.2) is 0 Å². The van der Waals surface area contributed by atoms with E-state index in [9.17, 15) is 9.59 Å². The van der Waals surface area contributed by atoms with Crippen LogP contribution in [-0.4, -0.2) is 28.8 Å². The number of rotatable bonds is 9. The van der Waals surface area contributed by atoms with E-state index < -0.39 is 6.04 Å². The van der Waals surface area contributed by atoms with E-state index in [0.717, 1.165) is 42.4 Å². The number of halogens is 2. The minimum absolute atomic E-state index is 0.104. The minimum Gasteiger partial charge on any atom is -0.352 e. The molecule has 188 valence electrons. The van der Waals surface area contributed by atoms with Gasteiger partial charge in [0.25, 0.3) is 0 Å². The molecule has 1 fully saturated rings. The topological polar surface area (TPSA) is 49.4 Å². The number of nitrogens with zero attached hydrogens (tertiary/aromatic N) is 1. The maximum atomic E-state index is 13.8. The highest BCUT2D eigenvalue weighted by Crippen LogP contribution is 2.22. The first-order valence-electron chi connectivity index (χ1n) is 12.6. The number of amides is 2. The van der Waals surface area contributed by atoms with E-state index in [-0.39, 0.29) is 24.3 Å². The van der Waals surface area contributed by atoms with Crippen molar-refractivity contribution in [3.8, 4) is 0 Å². The van der Waals surface area contributed by atoms with Gasteiger partial charge in [-0.15, -0.1) is 0 Å². The van der Waals surface area contributed by atoms with E-state index in [1.165, 1.54) is 6.42 Å². The summed E-state index contributed by atoms with van der Waals surface area (Å²) in [6, 6.07) is 24.1. The molecule has 6 heteroatoms. The number of carbonyl (C=O) groups excluding carboxylic acids is 2. The van der Waals surface area contributed by atoms with Crippen molar-refractivity contribution in [3.05, 3.63) is 106 Å². The Labute approximate surface area is 223 Å². The third kappa shape index (κ3) is 7.35. The molecular weight excluding hydrogens is 491 g/mol. The Bertz CT molecular complexity index is 1150. The fourth-order valence-corrected chi connectivity index (χ4v) is 5.12. The fraction of sp³-hybridized carbons (Fsp3) is 0.333. The van der Waals surface area contributed by atoms with Crippen LogP contribution < -0.4 is 5.32 Å². The van der Waals surface area contributed by atoms with Crippen LogP contribution in [0.15, 0.2) is 78.9 Å². The van der Waals surface area contributed by atoms with Crippen molar-refractivity contribution < 1.29 is 9.59 Å². The predicted octanol–water partition coefficient (Wildman–Crippen LogP) is 6.62. The van der Waals surface area contributed by atoms with Crippen LogP contribution in [0.3, 0.4) is 0 Å². The monoisotopic (exact) mass is 522 g/mol. The molecule has 0 saturated heterocycles. The molecule has 1 aliphatic rings. The molecule has 0 aliphatic heterocycles. The first-order valence-corrected chi connectivity index (χ1v) is 13.4. The van der Waals surface area contributed by atoms with Crippen LogP contribution >= 0.6 is 23.2 Å². The summed E-state index contributed by atoms with van der Waals surface area (Å²) in [7, 11) is 0. The van der Waals surface area contributed by atoms with E-state index in [0.29, 0.717) is 23.0 Å². The maximum Gasteiger partial charge on any atom is 0.243 e. The first-order chi connectivity index (χ1) is 17.5. The molecule has 1 unspecified atom stereocenters. The molecule has 0 heterocycles. The lowest BCUT2D eigenvalue weighted by Crippen LogP contribution is -2.53. The minimum atomic E-state index is -0.653. The van der Waals surface area contributed by atoms with E-state index in [4.69, 9.17) is 23.2 Å². The third-order valence-electron chi connectivity index (χ3n) is 6.79. The summed E-state index contributed by atoms with van der Waals surface area (Å²) in [4.78, 5) is 29.3. The van der Waals surface area contributed by atoms with Gasteiger partial charge in [0.1, 0.15) is 6.04 Å². The van der Waals surface area contributed by atoms with Gasteiger partial charge in [0, 0.05) is 29.1 Å². The van der Waals surface area contributed by atoms with Gasteiger partial charge in [0.05, 0.1) is 6.42 Å². The van der Waals surface area contributed by atoms with Gasteiger partial charge in [-0.3, -0.25) is 9.59 Å². The van der Waals surface area contributed by atoms with E-state index >= 15 is 0 Å². The lowest BCUT2D eigenvalue weighted by atomic mass is 9.94. The molecule has 0 spiro atoms. The second-order valence-electron chi connectivity index (χ2n) is 9.47. The van der Waals surface area contributed by atoms with Crippen molar-refractivity contribution in [1.29, 1.82) is 0 Å². The molecule has 1 N–H and O–H groups in total. The Kier molecular flexibility index (Phi) is 9.43. The smallest absolute Gasteiger partial charge is 0.243 e. The van der Waals surface area contributed by atoms with Gasteiger partial charge < -0.3 is 10.2 Å². The van der Waals surface area contributed by atoms with Crippen LogP contribution in [0.4, 0.5) is 0 Å². The Morgan fingerprint density at radius 3 is 2.19 bits per heavy atom. The average molecular weight is 524 g/mol. The zero-order valence-electron chi connectivity index (χ0n) is 20.3. The van der Waals surface area contributed by atoms with Crippen LogP contribution in [0.1, 0.15) is 48.8 Å². The van der Waals surface area contributed by atoms with Crippen molar-refractivity contribution in [2.24, 2.45) is 0 Å². The van der Waals surface area contributed by atoms with Crippen molar-refractivity contribution in [1.82, 2.24) is 10.2 Å². The predicted molar refractivity (Wildman–Crippen MR) is 146 cm³/mol. The molecule has 0 aromatic heterocycles.